The second-order valence-corrected chi connectivity index (χ2v) is 5.06. The van der Waals surface area contributed by atoms with Crippen molar-refractivity contribution in [3.63, 3.8) is 0 Å². The Hall–Kier alpha value is -2.34. The smallest absolute Gasteiger partial charge is 0.254 e. The number of nitriles is 1. The second kappa shape index (κ2) is 6.21. The summed E-state index contributed by atoms with van der Waals surface area (Å²) in [5.74, 6) is -0.0130. The van der Waals surface area contributed by atoms with Crippen LogP contribution < -0.4 is 0 Å². The average molecular weight is 266 g/mol. The van der Waals surface area contributed by atoms with Gasteiger partial charge in [0, 0.05) is 18.2 Å². The van der Waals surface area contributed by atoms with E-state index in [9.17, 15) is 4.79 Å². The summed E-state index contributed by atoms with van der Waals surface area (Å²) >= 11 is 0. The Bertz CT molecular complexity index is 655. The lowest BCUT2D eigenvalue weighted by molar-refractivity contribution is 0.0710. The normalized spacial score (nSPS) is 10.5. The summed E-state index contributed by atoms with van der Waals surface area (Å²) in [6.45, 7) is 4.41. The molecule has 0 heterocycles. The largest absolute Gasteiger partial charge is 0.335 e. The highest BCUT2D eigenvalue weighted by molar-refractivity contribution is 5.98. The molecule has 0 aliphatic heterocycles. The molecule has 1 amide bonds. The van der Waals surface area contributed by atoms with Crippen LogP contribution in [0.15, 0.2) is 42.5 Å². The Morgan fingerprint density at radius 1 is 1.20 bits per heavy atom. The van der Waals surface area contributed by atoms with Gasteiger partial charge in [-0.05, 0) is 36.8 Å². The molecule has 2 aromatic rings. The molecule has 3 nitrogen and oxygen atoms in total. The molecule has 0 bridgehead atoms. The van der Waals surface area contributed by atoms with E-state index in [1.165, 1.54) is 0 Å². The molecular formula is C17H18N2O. The van der Waals surface area contributed by atoms with Gasteiger partial charge in [-0.15, -0.1) is 0 Å². The first-order chi connectivity index (χ1) is 9.63. The van der Waals surface area contributed by atoms with Crippen LogP contribution in [0.5, 0.6) is 0 Å². The van der Waals surface area contributed by atoms with Crippen LogP contribution in [0.1, 0.15) is 30.6 Å². The number of fused-ring (bicyclic) bond motifs is 1. The molecule has 0 radical (unpaired) electrons. The first-order valence-corrected chi connectivity index (χ1v) is 6.80. The Morgan fingerprint density at radius 3 is 2.55 bits per heavy atom. The molecule has 102 valence electrons. The number of carbonyl (C=O) groups excluding carboxylic acids is 1. The van der Waals surface area contributed by atoms with Crippen molar-refractivity contribution in [2.45, 2.75) is 26.3 Å². The zero-order valence-corrected chi connectivity index (χ0v) is 11.8. The van der Waals surface area contributed by atoms with Gasteiger partial charge in [0.25, 0.3) is 5.91 Å². The molecule has 0 atom stereocenters. The minimum atomic E-state index is -0.0130. The fraction of sp³-hybridized carbons (Fsp3) is 0.294. The monoisotopic (exact) mass is 266 g/mol. The van der Waals surface area contributed by atoms with E-state index in [2.05, 4.69) is 6.07 Å². The van der Waals surface area contributed by atoms with Crippen LogP contribution in [0, 0.1) is 11.3 Å². The Morgan fingerprint density at radius 2 is 1.90 bits per heavy atom. The minimum Gasteiger partial charge on any atom is -0.335 e. The zero-order valence-electron chi connectivity index (χ0n) is 11.8. The first-order valence-electron chi connectivity index (χ1n) is 6.80. The summed E-state index contributed by atoms with van der Waals surface area (Å²) in [4.78, 5) is 14.3. The van der Waals surface area contributed by atoms with Gasteiger partial charge in [0.1, 0.15) is 0 Å². The molecule has 0 saturated heterocycles. The van der Waals surface area contributed by atoms with Crippen molar-refractivity contribution in [1.29, 1.82) is 5.26 Å². The number of rotatable bonds is 4. The number of hydrogen-bond donors (Lipinski definition) is 0. The quantitative estimate of drug-likeness (QED) is 0.848. The minimum absolute atomic E-state index is 0.0130. The third kappa shape index (κ3) is 2.97. The fourth-order valence-corrected chi connectivity index (χ4v) is 2.25. The summed E-state index contributed by atoms with van der Waals surface area (Å²) in [7, 11) is 0. The van der Waals surface area contributed by atoms with Crippen molar-refractivity contribution >= 4 is 16.7 Å². The summed E-state index contributed by atoms with van der Waals surface area (Å²) in [6.07, 6.45) is 0.359. The maximum absolute atomic E-state index is 12.6. The van der Waals surface area contributed by atoms with Gasteiger partial charge in [0.05, 0.1) is 12.5 Å². The van der Waals surface area contributed by atoms with Crippen molar-refractivity contribution < 1.29 is 4.79 Å². The van der Waals surface area contributed by atoms with Gasteiger partial charge in [-0.2, -0.15) is 5.26 Å². The van der Waals surface area contributed by atoms with Crippen LogP contribution in [0.3, 0.4) is 0 Å². The highest BCUT2D eigenvalue weighted by Gasteiger charge is 2.18. The number of hydrogen-bond acceptors (Lipinski definition) is 2. The molecule has 0 saturated carbocycles. The predicted octanol–water partition coefficient (Wildman–Crippen LogP) is 3.60. The van der Waals surface area contributed by atoms with Crippen molar-refractivity contribution in [3.05, 3.63) is 48.0 Å². The highest BCUT2D eigenvalue weighted by Crippen LogP contribution is 2.17. The summed E-state index contributed by atoms with van der Waals surface area (Å²) in [5, 5.41) is 10.9. The maximum Gasteiger partial charge on any atom is 0.254 e. The van der Waals surface area contributed by atoms with E-state index in [0.29, 0.717) is 18.5 Å². The zero-order chi connectivity index (χ0) is 14.5. The van der Waals surface area contributed by atoms with Crippen LogP contribution >= 0.6 is 0 Å². The van der Waals surface area contributed by atoms with E-state index >= 15 is 0 Å². The Labute approximate surface area is 119 Å². The molecule has 0 aliphatic rings. The summed E-state index contributed by atoms with van der Waals surface area (Å²) < 4.78 is 0. The van der Waals surface area contributed by atoms with Gasteiger partial charge < -0.3 is 4.90 Å². The Balaban J connectivity index is 2.31. The van der Waals surface area contributed by atoms with E-state index in [-0.39, 0.29) is 11.9 Å². The molecule has 0 N–H and O–H groups in total. The predicted molar refractivity (Wildman–Crippen MR) is 80.4 cm³/mol. The number of benzene rings is 2. The van der Waals surface area contributed by atoms with Crippen LogP contribution in [-0.2, 0) is 0 Å². The topological polar surface area (TPSA) is 44.1 Å². The lowest BCUT2D eigenvalue weighted by atomic mass is 10.1. The average Bonchev–Trinajstić information content (AvgIpc) is 2.46. The van der Waals surface area contributed by atoms with E-state index in [4.69, 9.17) is 5.26 Å². The number of nitrogens with zero attached hydrogens (tertiary/aromatic N) is 2. The molecule has 0 aromatic heterocycles. The standard InChI is InChI=1S/C17H18N2O/c1-13(2)19(11-5-10-18)17(20)16-9-8-14-6-3-4-7-15(14)12-16/h3-4,6-9,12-13H,5,11H2,1-2H3. The van der Waals surface area contributed by atoms with Crippen LogP contribution in [-0.4, -0.2) is 23.4 Å². The maximum atomic E-state index is 12.6. The van der Waals surface area contributed by atoms with E-state index in [0.717, 1.165) is 10.8 Å². The molecule has 0 spiro atoms. The van der Waals surface area contributed by atoms with Gasteiger partial charge in [-0.25, -0.2) is 0 Å². The molecule has 3 heteroatoms. The highest BCUT2D eigenvalue weighted by atomic mass is 16.2. The molecule has 0 fully saturated rings. The van der Waals surface area contributed by atoms with Crippen LogP contribution in [0.2, 0.25) is 0 Å². The molecule has 2 aromatic carbocycles. The fourth-order valence-electron chi connectivity index (χ4n) is 2.25. The van der Waals surface area contributed by atoms with Crippen LogP contribution in [0.4, 0.5) is 0 Å². The molecule has 20 heavy (non-hydrogen) atoms. The first kappa shape index (κ1) is 14.1. The van der Waals surface area contributed by atoms with Crippen molar-refractivity contribution in [1.82, 2.24) is 4.90 Å². The summed E-state index contributed by atoms with van der Waals surface area (Å²) in [6, 6.07) is 15.9. The number of amides is 1. The molecular weight excluding hydrogens is 248 g/mol. The third-order valence-corrected chi connectivity index (χ3v) is 3.35. The van der Waals surface area contributed by atoms with Crippen molar-refractivity contribution in [2.75, 3.05) is 6.54 Å². The van der Waals surface area contributed by atoms with E-state index in [1.54, 1.807) is 4.90 Å². The van der Waals surface area contributed by atoms with E-state index < -0.39 is 0 Å². The van der Waals surface area contributed by atoms with Crippen molar-refractivity contribution in [2.24, 2.45) is 0 Å². The second-order valence-electron chi connectivity index (χ2n) is 5.06. The molecule has 2 rings (SSSR count). The van der Waals surface area contributed by atoms with Gasteiger partial charge in [-0.3, -0.25) is 4.79 Å². The lowest BCUT2D eigenvalue weighted by Gasteiger charge is -2.26. The van der Waals surface area contributed by atoms with Gasteiger partial charge in [-0.1, -0.05) is 30.3 Å². The van der Waals surface area contributed by atoms with Crippen molar-refractivity contribution in [3.8, 4) is 6.07 Å². The van der Waals surface area contributed by atoms with Gasteiger partial charge in [0.15, 0.2) is 0 Å². The van der Waals surface area contributed by atoms with E-state index in [1.807, 2.05) is 56.3 Å². The van der Waals surface area contributed by atoms with Gasteiger partial charge >= 0.3 is 0 Å². The SMILES string of the molecule is CC(C)N(CCC#N)C(=O)c1ccc2ccccc2c1. The molecule has 0 aliphatic carbocycles. The lowest BCUT2D eigenvalue weighted by Crippen LogP contribution is -2.37. The summed E-state index contributed by atoms with van der Waals surface area (Å²) in [5.41, 5.74) is 0.676. The Kier molecular flexibility index (Phi) is 4.37. The van der Waals surface area contributed by atoms with Crippen LogP contribution in [0.25, 0.3) is 10.8 Å². The van der Waals surface area contributed by atoms with Gasteiger partial charge in [0.2, 0.25) is 0 Å². The molecule has 0 unspecified atom stereocenters. The number of carbonyl (C=O) groups is 1. The third-order valence-electron chi connectivity index (χ3n) is 3.35.